The number of aryl methyl sites for hydroxylation is 1. The van der Waals surface area contributed by atoms with Gasteiger partial charge >= 0.3 is 12.1 Å². The first-order chi connectivity index (χ1) is 18.3. The summed E-state index contributed by atoms with van der Waals surface area (Å²) in [5.41, 5.74) is -0.722. The van der Waals surface area contributed by atoms with Crippen molar-refractivity contribution in [2.75, 3.05) is 10.6 Å². The van der Waals surface area contributed by atoms with Crippen LogP contribution in [0.4, 0.5) is 18.9 Å². The quantitative estimate of drug-likeness (QED) is 0.327. The van der Waals surface area contributed by atoms with Crippen molar-refractivity contribution in [2.24, 2.45) is 0 Å². The van der Waals surface area contributed by atoms with Gasteiger partial charge < -0.3 is 5.11 Å². The summed E-state index contributed by atoms with van der Waals surface area (Å²) < 4.78 is 66.8. The second kappa shape index (κ2) is 10.7. The Morgan fingerprint density at radius 2 is 1.72 bits per heavy atom. The van der Waals surface area contributed by atoms with E-state index in [9.17, 15) is 36.3 Å². The van der Waals surface area contributed by atoms with E-state index in [2.05, 4.69) is 10.3 Å². The number of rotatable bonds is 8. The summed E-state index contributed by atoms with van der Waals surface area (Å²) in [4.78, 5) is 24.9. The van der Waals surface area contributed by atoms with Crippen LogP contribution in [0.15, 0.2) is 71.5 Å². The first-order valence-electron chi connectivity index (χ1n) is 11.3. The maximum absolute atomic E-state index is 13.3. The summed E-state index contributed by atoms with van der Waals surface area (Å²) in [5, 5.41) is 17.5. The molecule has 14 heteroatoms. The van der Waals surface area contributed by atoms with Gasteiger partial charge in [0.2, 0.25) is 10.0 Å². The Balaban J connectivity index is 1.65. The lowest BCUT2D eigenvalue weighted by Gasteiger charge is -2.29. The largest absolute Gasteiger partial charge is 0.480 e. The Bertz CT molecular complexity index is 1710. The normalized spacial score (nSPS) is 12.8. The van der Waals surface area contributed by atoms with Gasteiger partial charge in [0.05, 0.1) is 27.9 Å². The molecule has 0 fully saturated rings. The van der Waals surface area contributed by atoms with E-state index < -0.39 is 44.4 Å². The Kier molecular flexibility index (Phi) is 7.66. The zero-order valence-electron chi connectivity index (χ0n) is 20.1. The van der Waals surface area contributed by atoms with Crippen LogP contribution in [0.5, 0.6) is 0 Å². The fourth-order valence-electron chi connectivity index (χ4n) is 4.08. The van der Waals surface area contributed by atoms with Crippen molar-refractivity contribution < 1.29 is 31.5 Å². The van der Waals surface area contributed by atoms with Gasteiger partial charge in [-0.2, -0.15) is 13.2 Å². The van der Waals surface area contributed by atoms with E-state index in [1.165, 1.54) is 30.3 Å². The maximum atomic E-state index is 13.3. The van der Waals surface area contributed by atoms with Crippen molar-refractivity contribution >= 4 is 44.2 Å². The molecule has 1 heterocycles. The number of fused-ring (bicyclic) bond motifs is 1. The summed E-state index contributed by atoms with van der Waals surface area (Å²) in [7, 11) is -4.16. The molecule has 0 aliphatic heterocycles. The zero-order chi connectivity index (χ0) is 28.5. The summed E-state index contributed by atoms with van der Waals surface area (Å²) in [5.74, 6) is -1.47. The van der Waals surface area contributed by atoms with E-state index in [0.29, 0.717) is 15.4 Å². The highest BCUT2D eigenvalue weighted by Gasteiger charge is 2.34. The number of aromatic nitrogens is 3. The van der Waals surface area contributed by atoms with Gasteiger partial charge in [-0.3, -0.25) is 9.10 Å². The minimum absolute atomic E-state index is 0.0319. The molecule has 3 aromatic carbocycles. The van der Waals surface area contributed by atoms with Crippen LogP contribution in [0.3, 0.4) is 0 Å². The highest BCUT2D eigenvalue weighted by molar-refractivity contribution is 7.92. The van der Waals surface area contributed by atoms with Crippen LogP contribution in [-0.4, -0.2) is 46.8 Å². The standard InChI is InChI=1S/C25H20ClF3N4O5S/c1-39(37,38)33(17-9-6-15(7-10-17)16-8-11-20(26)19(14-16)25(27,28)29)22(24(35)36)12-13-32-23(34)18-4-2-3-5-21(18)30-31-32/h2-11,14,22H,12-13H2,1H3,(H,35,36)/t22-/m1/s1. The number of hydrogen-bond donors (Lipinski definition) is 1. The molecule has 0 aliphatic rings. The van der Waals surface area contributed by atoms with Crippen molar-refractivity contribution in [3.63, 3.8) is 0 Å². The molecule has 39 heavy (non-hydrogen) atoms. The lowest BCUT2D eigenvalue weighted by Crippen LogP contribution is -2.46. The molecule has 0 bridgehead atoms. The van der Waals surface area contributed by atoms with Crippen LogP contribution in [0, 0.1) is 0 Å². The second-order valence-electron chi connectivity index (χ2n) is 8.58. The number of sulfonamides is 1. The molecule has 0 aliphatic carbocycles. The highest BCUT2D eigenvalue weighted by Crippen LogP contribution is 2.37. The van der Waals surface area contributed by atoms with Crippen molar-refractivity contribution in [3.05, 3.63) is 87.7 Å². The number of benzene rings is 3. The van der Waals surface area contributed by atoms with E-state index in [1.54, 1.807) is 24.3 Å². The number of carbonyl (C=O) groups is 1. The highest BCUT2D eigenvalue weighted by atomic mass is 35.5. The van der Waals surface area contributed by atoms with Gasteiger partial charge in [0.25, 0.3) is 5.56 Å². The third-order valence-electron chi connectivity index (χ3n) is 5.90. The second-order valence-corrected chi connectivity index (χ2v) is 10.8. The van der Waals surface area contributed by atoms with E-state index >= 15 is 0 Å². The Morgan fingerprint density at radius 1 is 1.08 bits per heavy atom. The number of hydrogen-bond acceptors (Lipinski definition) is 6. The number of carboxylic acids is 1. The van der Waals surface area contributed by atoms with Gasteiger partial charge in [0.15, 0.2) is 0 Å². The number of alkyl halides is 3. The molecule has 0 saturated heterocycles. The Morgan fingerprint density at radius 3 is 2.33 bits per heavy atom. The van der Waals surface area contributed by atoms with Gasteiger partial charge in [-0.1, -0.05) is 47.1 Å². The third-order valence-corrected chi connectivity index (χ3v) is 7.41. The zero-order valence-corrected chi connectivity index (χ0v) is 21.7. The fourth-order valence-corrected chi connectivity index (χ4v) is 5.47. The maximum Gasteiger partial charge on any atom is 0.417 e. The van der Waals surface area contributed by atoms with Gasteiger partial charge in [-0.25, -0.2) is 17.9 Å². The molecule has 0 spiro atoms. The minimum Gasteiger partial charge on any atom is -0.480 e. The Hall–Kier alpha value is -3.97. The minimum atomic E-state index is -4.67. The monoisotopic (exact) mass is 580 g/mol. The molecule has 9 nitrogen and oxygen atoms in total. The summed E-state index contributed by atoms with van der Waals surface area (Å²) in [6.07, 6.45) is -4.18. The molecular weight excluding hydrogens is 561 g/mol. The average Bonchev–Trinajstić information content (AvgIpc) is 2.86. The topological polar surface area (TPSA) is 122 Å². The average molecular weight is 581 g/mol. The summed E-state index contributed by atoms with van der Waals surface area (Å²) >= 11 is 5.68. The molecule has 4 aromatic rings. The van der Waals surface area contributed by atoms with E-state index in [1.807, 2.05) is 0 Å². The third kappa shape index (κ3) is 6.04. The lowest BCUT2D eigenvalue weighted by molar-refractivity contribution is -0.139. The van der Waals surface area contributed by atoms with Gasteiger partial charge in [-0.15, -0.1) is 5.10 Å². The summed E-state index contributed by atoms with van der Waals surface area (Å²) in [6, 6.07) is 13.5. The van der Waals surface area contributed by atoms with Crippen LogP contribution in [0.25, 0.3) is 22.0 Å². The van der Waals surface area contributed by atoms with E-state index in [0.717, 1.165) is 23.1 Å². The molecule has 204 valence electrons. The predicted octanol–water partition coefficient (Wildman–Crippen LogP) is 4.44. The number of halogens is 4. The molecule has 0 amide bonds. The van der Waals surface area contributed by atoms with E-state index in [4.69, 9.17) is 11.6 Å². The van der Waals surface area contributed by atoms with Crippen molar-refractivity contribution in [3.8, 4) is 11.1 Å². The van der Waals surface area contributed by atoms with Gasteiger partial charge in [0.1, 0.15) is 11.6 Å². The van der Waals surface area contributed by atoms with Crippen molar-refractivity contribution in [1.29, 1.82) is 0 Å². The molecule has 1 atom stereocenters. The fraction of sp³-hybridized carbons (Fsp3) is 0.200. The van der Waals surface area contributed by atoms with Crippen LogP contribution >= 0.6 is 11.6 Å². The Labute approximate surface area is 225 Å². The smallest absolute Gasteiger partial charge is 0.417 e. The lowest BCUT2D eigenvalue weighted by atomic mass is 10.0. The predicted molar refractivity (Wildman–Crippen MR) is 139 cm³/mol. The number of aliphatic carboxylic acids is 1. The van der Waals surface area contributed by atoms with Crippen LogP contribution < -0.4 is 9.86 Å². The van der Waals surface area contributed by atoms with Gasteiger partial charge in [-0.05, 0) is 53.9 Å². The first-order valence-corrected chi connectivity index (χ1v) is 13.5. The number of nitrogens with zero attached hydrogens (tertiary/aromatic N) is 4. The molecule has 0 saturated carbocycles. The van der Waals surface area contributed by atoms with Gasteiger partial charge in [0, 0.05) is 6.54 Å². The molecule has 0 radical (unpaired) electrons. The first kappa shape index (κ1) is 28.0. The summed E-state index contributed by atoms with van der Waals surface area (Å²) in [6.45, 7) is -0.247. The van der Waals surface area contributed by atoms with Crippen molar-refractivity contribution in [1.82, 2.24) is 15.0 Å². The van der Waals surface area contributed by atoms with Crippen LogP contribution in [-0.2, 0) is 27.5 Å². The van der Waals surface area contributed by atoms with Crippen molar-refractivity contribution in [2.45, 2.75) is 25.2 Å². The number of carboxylic acid groups (broad SMARTS) is 1. The molecule has 1 N–H and O–H groups in total. The molecular formula is C25H20ClF3N4O5S. The molecule has 0 unspecified atom stereocenters. The SMILES string of the molecule is CS(=O)(=O)N(c1ccc(-c2ccc(Cl)c(C(F)(F)F)c2)cc1)[C@H](CCn1nnc2ccccc2c1=O)C(=O)O. The van der Waals surface area contributed by atoms with Crippen LogP contribution in [0.1, 0.15) is 12.0 Å². The molecule has 1 aromatic heterocycles. The van der Waals surface area contributed by atoms with E-state index in [-0.39, 0.29) is 29.6 Å². The molecule has 4 rings (SSSR count). The number of anilines is 1. The van der Waals surface area contributed by atoms with Crippen LogP contribution in [0.2, 0.25) is 5.02 Å².